The molecule has 0 aromatic carbocycles. The molecule has 0 unspecified atom stereocenters. The minimum atomic E-state index is -0.288. The number of nitrogen functional groups attached to an aromatic ring is 1. The van der Waals surface area contributed by atoms with Crippen molar-refractivity contribution in [2.24, 2.45) is 0 Å². The highest BCUT2D eigenvalue weighted by Gasteiger charge is 2.17. The van der Waals surface area contributed by atoms with Crippen molar-refractivity contribution >= 4 is 27.5 Å². The van der Waals surface area contributed by atoms with Gasteiger partial charge in [0.05, 0.1) is 5.39 Å². The summed E-state index contributed by atoms with van der Waals surface area (Å²) in [6.07, 6.45) is 0. The van der Waals surface area contributed by atoms with Crippen LogP contribution in [-0.2, 0) is 0 Å². The van der Waals surface area contributed by atoms with Gasteiger partial charge in [-0.05, 0) is 33.8 Å². The first-order valence-electron chi connectivity index (χ1n) is 5.08. The number of nitrogens with zero attached hydrogens (tertiary/aromatic N) is 2. The fourth-order valence-corrected chi connectivity index (χ4v) is 2.28. The van der Waals surface area contributed by atoms with E-state index in [1.165, 1.54) is 4.88 Å². The second kappa shape index (κ2) is 3.59. The van der Waals surface area contributed by atoms with Crippen LogP contribution in [0.3, 0.4) is 0 Å². The summed E-state index contributed by atoms with van der Waals surface area (Å²) in [6.45, 7) is 7.98. The second-order valence-corrected chi connectivity index (χ2v) is 5.91. The summed E-state index contributed by atoms with van der Waals surface area (Å²) in [5, 5.41) is 0.937. The van der Waals surface area contributed by atoms with E-state index in [0.717, 1.165) is 10.2 Å². The summed E-state index contributed by atoms with van der Waals surface area (Å²) < 4.78 is 5.78. The molecule has 2 aromatic heterocycles. The molecule has 0 bridgehead atoms. The van der Waals surface area contributed by atoms with Crippen molar-refractivity contribution in [2.45, 2.75) is 33.3 Å². The summed E-state index contributed by atoms with van der Waals surface area (Å²) in [5.41, 5.74) is 5.37. The van der Waals surface area contributed by atoms with Crippen molar-refractivity contribution in [1.82, 2.24) is 9.97 Å². The van der Waals surface area contributed by atoms with E-state index in [9.17, 15) is 0 Å². The predicted octanol–water partition coefficient (Wildman–Crippen LogP) is 2.76. The highest BCUT2D eigenvalue weighted by molar-refractivity contribution is 7.18. The molecule has 0 radical (unpaired) electrons. The highest BCUT2D eigenvalue weighted by Crippen LogP contribution is 2.32. The lowest BCUT2D eigenvalue weighted by atomic mass is 10.2. The van der Waals surface area contributed by atoms with Gasteiger partial charge in [-0.1, -0.05) is 0 Å². The third kappa shape index (κ3) is 2.24. The van der Waals surface area contributed by atoms with Gasteiger partial charge in [-0.3, -0.25) is 0 Å². The number of thiophene rings is 1. The van der Waals surface area contributed by atoms with E-state index in [0.29, 0.717) is 5.88 Å². The van der Waals surface area contributed by atoms with E-state index < -0.39 is 0 Å². The Morgan fingerprint density at radius 3 is 2.62 bits per heavy atom. The Morgan fingerprint density at radius 2 is 2.00 bits per heavy atom. The summed E-state index contributed by atoms with van der Waals surface area (Å²) in [6, 6.07) is 2.03. The third-order valence-corrected chi connectivity index (χ3v) is 2.85. The Bertz CT molecular complexity index is 528. The van der Waals surface area contributed by atoms with E-state index in [-0.39, 0.29) is 11.5 Å². The lowest BCUT2D eigenvalue weighted by Gasteiger charge is -2.20. The molecule has 2 heterocycles. The molecule has 0 spiro atoms. The average Bonchev–Trinajstić information content (AvgIpc) is 2.42. The lowest BCUT2D eigenvalue weighted by molar-refractivity contribution is 0.126. The van der Waals surface area contributed by atoms with Crippen molar-refractivity contribution in [3.05, 3.63) is 10.9 Å². The molecule has 0 fully saturated rings. The number of aryl methyl sites for hydroxylation is 1. The molecule has 86 valence electrons. The fraction of sp³-hybridized carbons (Fsp3) is 0.455. The Morgan fingerprint density at radius 1 is 1.31 bits per heavy atom. The van der Waals surface area contributed by atoms with Crippen LogP contribution in [0.15, 0.2) is 6.07 Å². The molecule has 2 rings (SSSR count). The summed E-state index contributed by atoms with van der Waals surface area (Å²) in [4.78, 5) is 10.4. The topological polar surface area (TPSA) is 61.0 Å². The number of ether oxygens (including phenoxy) is 1. The van der Waals surface area contributed by atoms with Crippen LogP contribution in [0.5, 0.6) is 5.88 Å². The van der Waals surface area contributed by atoms with Gasteiger partial charge in [0, 0.05) is 4.88 Å². The summed E-state index contributed by atoms with van der Waals surface area (Å²) >= 11 is 1.60. The predicted molar refractivity (Wildman–Crippen MR) is 66.9 cm³/mol. The monoisotopic (exact) mass is 237 g/mol. The zero-order chi connectivity index (χ0) is 11.9. The molecular formula is C11H15N3OS. The largest absolute Gasteiger partial charge is 0.471 e. The smallest absolute Gasteiger partial charge is 0.227 e. The maximum absolute atomic E-state index is 5.78. The maximum Gasteiger partial charge on any atom is 0.227 e. The van der Waals surface area contributed by atoms with Gasteiger partial charge in [0.15, 0.2) is 0 Å². The standard InChI is InChI=1S/C11H15N3OS/c1-6-5-7-8(15-11(2,3)4)13-10(12)14-9(7)16-6/h5H,1-4H3,(H2,12,13,14). The van der Waals surface area contributed by atoms with Crippen LogP contribution >= 0.6 is 11.3 Å². The van der Waals surface area contributed by atoms with Crippen molar-refractivity contribution in [2.75, 3.05) is 5.73 Å². The number of hydrogen-bond acceptors (Lipinski definition) is 5. The molecule has 0 saturated heterocycles. The molecule has 0 aliphatic heterocycles. The maximum atomic E-state index is 5.78. The summed E-state index contributed by atoms with van der Waals surface area (Å²) in [5.74, 6) is 0.827. The van der Waals surface area contributed by atoms with Gasteiger partial charge in [-0.15, -0.1) is 11.3 Å². The van der Waals surface area contributed by atoms with Gasteiger partial charge in [0.1, 0.15) is 10.4 Å². The first-order valence-corrected chi connectivity index (χ1v) is 5.89. The minimum absolute atomic E-state index is 0.258. The molecule has 5 heteroatoms. The lowest BCUT2D eigenvalue weighted by Crippen LogP contribution is -2.23. The van der Waals surface area contributed by atoms with E-state index in [2.05, 4.69) is 9.97 Å². The van der Waals surface area contributed by atoms with Crippen LogP contribution in [0, 0.1) is 6.92 Å². The number of rotatable bonds is 1. The molecule has 0 amide bonds. The van der Waals surface area contributed by atoms with E-state index in [1.54, 1.807) is 11.3 Å². The van der Waals surface area contributed by atoms with Crippen LogP contribution in [-0.4, -0.2) is 15.6 Å². The Hall–Kier alpha value is -1.36. The first kappa shape index (κ1) is 11.1. The Kier molecular flexibility index (Phi) is 2.50. The summed E-state index contributed by atoms with van der Waals surface area (Å²) in [7, 11) is 0. The molecule has 0 aliphatic carbocycles. The Balaban J connectivity index is 2.58. The molecule has 0 saturated carbocycles. The van der Waals surface area contributed by atoms with Gasteiger partial charge in [0.25, 0.3) is 0 Å². The molecule has 0 atom stereocenters. The number of nitrogens with two attached hydrogens (primary N) is 1. The number of hydrogen-bond donors (Lipinski definition) is 1. The van der Waals surface area contributed by atoms with Gasteiger partial charge >= 0.3 is 0 Å². The number of anilines is 1. The van der Waals surface area contributed by atoms with Crippen LogP contribution in [0.25, 0.3) is 10.2 Å². The Labute approximate surface area is 98.5 Å². The van der Waals surface area contributed by atoms with Crippen molar-refractivity contribution in [1.29, 1.82) is 0 Å². The van der Waals surface area contributed by atoms with E-state index >= 15 is 0 Å². The number of aromatic nitrogens is 2. The zero-order valence-electron chi connectivity index (χ0n) is 9.87. The quantitative estimate of drug-likeness (QED) is 0.828. The van der Waals surface area contributed by atoms with Gasteiger partial charge in [-0.2, -0.15) is 4.98 Å². The molecular weight excluding hydrogens is 222 g/mol. The molecule has 2 aromatic rings. The first-order chi connectivity index (χ1) is 7.35. The van der Waals surface area contributed by atoms with Crippen LogP contribution in [0.1, 0.15) is 25.6 Å². The van der Waals surface area contributed by atoms with Gasteiger partial charge in [-0.25, -0.2) is 4.98 Å². The molecule has 0 aliphatic rings. The van der Waals surface area contributed by atoms with Crippen molar-refractivity contribution in [3.8, 4) is 5.88 Å². The SMILES string of the molecule is Cc1cc2c(OC(C)(C)C)nc(N)nc2s1. The van der Waals surface area contributed by atoms with E-state index in [4.69, 9.17) is 10.5 Å². The van der Waals surface area contributed by atoms with Gasteiger partial charge < -0.3 is 10.5 Å². The zero-order valence-corrected chi connectivity index (χ0v) is 10.7. The van der Waals surface area contributed by atoms with Crippen molar-refractivity contribution < 1.29 is 4.74 Å². The molecule has 4 nitrogen and oxygen atoms in total. The van der Waals surface area contributed by atoms with Crippen LogP contribution in [0.4, 0.5) is 5.95 Å². The molecule has 2 N–H and O–H groups in total. The number of fused-ring (bicyclic) bond motifs is 1. The second-order valence-electron chi connectivity index (χ2n) is 4.68. The van der Waals surface area contributed by atoms with Crippen LogP contribution < -0.4 is 10.5 Å². The van der Waals surface area contributed by atoms with Gasteiger partial charge in [0.2, 0.25) is 11.8 Å². The average molecular weight is 237 g/mol. The van der Waals surface area contributed by atoms with Crippen LogP contribution in [0.2, 0.25) is 0 Å². The normalized spacial score (nSPS) is 12.0. The van der Waals surface area contributed by atoms with Crippen molar-refractivity contribution in [3.63, 3.8) is 0 Å². The molecule has 16 heavy (non-hydrogen) atoms. The fourth-order valence-electron chi connectivity index (χ4n) is 1.40. The van der Waals surface area contributed by atoms with E-state index in [1.807, 2.05) is 33.8 Å². The highest BCUT2D eigenvalue weighted by atomic mass is 32.1. The third-order valence-electron chi connectivity index (χ3n) is 1.90. The minimum Gasteiger partial charge on any atom is -0.471 e.